The van der Waals surface area contributed by atoms with Gasteiger partial charge in [0.1, 0.15) is 24.7 Å². The molecule has 2 heterocycles. The molecule has 3 aromatic rings. The highest BCUT2D eigenvalue weighted by molar-refractivity contribution is 6.33. The summed E-state index contributed by atoms with van der Waals surface area (Å²) in [5, 5.41) is 6.73. The Hall–Kier alpha value is -3.39. The molecule has 176 valence electrons. The van der Waals surface area contributed by atoms with Gasteiger partial charge in [0.2, 0.25) is 5.75 Å². The molecule has 9 heteroatoms. The first-order chi connectivity index (χ1) is 16.6. The van der Waals surface area contributed by atoms with Gasteiger partial charge in [0.05, 0.1) is 28.2 Å². The van der Waals surface area contributed by atoms with Crippen molar-refractivity contribution >= 4 is 34.2 Å². The van der Waals surface area contributed by atoms with E-state index in [0.717, 1.165) is 12.8 Å². The second-order valence-corrected chi connectivity index (χ2v) is 9.21. The summed E-state index contributed by atoms with van der Waals surface area (Å²) in [6.45, 7) is 1.54. The van der Waals surface area contributed by atoms with E-state index in [1.165, 1.54) is 12.8 Å². The van der Waals surface area contributed by atoms with E-state index in [1.807, 2.05) is 6.07 Å². The number of benzene rings is 2. The molecule has 2 aliphatic carbocycles. The van der Waals surface area contributed by atoms with Crippen molar-refractivity contribution in [1.29, 1.82) is 0 Å². The average molecular weight is 482 g/mol. The van der Waals surface area contributed by atoms with Crippen LogP contribution in [-0.4, -0.2) is 36.9 Å². The van der Waals surface area contributed by atoms with Gasteiger partial charge in [0.15, 0.2) is 11.5 Å². The minimum absolute atomic E-state index is 0.262. The number of aromatic nitrogens is 1. The standard InChI is InChI=1S/C25H24ClN3O5/c26-17-11-16(5-6-18(17)29-25(30)28-15-3-4-15)34-20-7-8-27-19-12-21(33-13-14-1-2-14)23-24(22(19)20)32-10-9-31-23/h5-8,11-12,14-15H,1-4,9-10,13H2,(H2,28,29,30). The summed E-state index contributed by atoms with van der Waals surface area (Å²) in [4.78, 5) is 16.5. The van der Waals surface area contributed by atoms with E-state index >= 15 is 0 Å². The maximum absolute atomic E-state index is 12.0. The number of hydrogen-bond acceptors (Lipinski definition) is 6. The third kappa shape index (κ3) is 4.50. The van der Waals surface area contributed by atoms with E-state index < -0.39 is 0 Å². The van der Waals surface area contributed by atoms with Crippen LogP contribution in [0.3, 0.4) is 0 Å². The smallest absolute Gasteiger partial charge is 0.319 e. The maximum Gasteiger partial charge on any atom is 0.319 e. The van der Waals surface area contributed by atoms with Crippen molar-refractivity contribution < 1.29 is 23.7 Å². The fraction of sp³-hybridized carbons (Fsp3) is 0.360. The average Bonchev–Trinajstić information content (AvgIpc) is 3.76. The second-order valence-electron chi connectivity index (χ2n) is 8.80. The van der Waals surface area contributed by atoms with Gasteiger partial charge in [-0.25, -0.2) is 4.79 Å². The Kier molecular flexibility index (Phi) is 5.45. The van der Waals surface area contributed by atoms with Crippen molar-refractivity contribution in [1.82, 2.24) is 10.3 Å². The van der Waals surface area contributed by atoms with Crippen LogP contribution in [0, 0.1) is 5.92 Å². The summed E-state index contributed by atoms with van der Waals surface area (Å²) in [7, 11) is 0. The van der Waals surface area contributed by atoms with E-state index in [2.05, 4.69) is 15.6 Å². The Bertz CT molecular complexity index is 1260. The first-order valence-corrected chi connectivity index (χ1v) is 11.9. The summed E-state index contributed by atoms with van der Waals surface area (Å²) in [6.07, 6.45) is 6.11. The van der Waals surface area contributed by atoms with Crippen molar-refractivity contribution in [2.45, 2.75) is 31.7 Å². The predicted molar refractivity (Wildman–Crippen MR) is 128 cm³/mol. The zero-order valence-corrected chi connectivity index (χ0v) is 19.2. The monoisotopic (exact) mass is 481 g/mol. The molecular formula is C25H24ClN3O5. The van der Waals surface area contributed by atoms with Crippen molar-refractivity contribution in [3.05, 3.63) is 41.6 Å². The number of hydrogen-bond donors (Lipinski definition) is 2. The molecular weight excluding hydrogens is 458 g/mol. The van der Waals surface area contributed by atoms with E-state index in [9.17, 15) is 4.79 Å². The van der Waals surface area contributed by atoms with E-state index in [4.69, 9.17) is 30.5 Å². The number of pyridine rings is 1. The van der Waals surface area contributed by atoms with Crippen LogP contribution in [0.1, 0.15) is 25.7 Å². The fourth-order valence-electron chi connectivity index (χ4n) is 3.82. The molecule has 1 aromatic heterocycles. The summed E-state index contributed by atoms with van der Waals surface area (Å²) < 4.78 is 24.2. The van der Waals surface area contributed by atoms with Gasteiger partial charge in [-0.1, -0.05) is 11.6 Å². The lowest BCUT2D eigenvalue weighted by Crippen LogP contribution is -2.30. The van der Waals surface area contributed by atoms with E-state index in [1.54, 1.807) is 30.5 Å². The molecule has 2 fully saturated rings. The molecule has 0 unspecified atom stereocenters. The third-order valence-corrected chi connectivity index (χ3v) is 6.26. The Balaban J connectivity index is 1.28. The number of urea groups is 1. The van der Waals surface area contributed by atoms with Gasteiger partial charge in [-0.15, -0.1) is 0 Å². The molecule has 0 radical (unpaired) electrons. The number of halogens is 1. The fourth-order valence-corrected chi connectivity index (χ4v) is 4.04. The quantitative estimate of drug-likeness (QED) is 0.461. The molecule has 2 amide bonds. The second kappa shape index (κ2) is 8.76. The molecule has 8 nitrogen and oxygen atoms in total. The topological polar surface area (TPSA) is 90.9 Å². The van der Waals surface area contributed by atoms with Gasteiger partial charge in [-0.2, -0.15) is 0 Å². The Morgan fingerprint density at radius 3 is 2.65 bits per heavy atom. The third-order valence-electron chi connectivity index (χ3n) is 5.94. The van der Waals surface area contributed by atoms with Crippen LogP contribution >= 0.6 is 11.6 Å². The van der Waals surface area contributed by atoms with Crippen LogP contribution in [0.4, 0.5) is 10.5 Å². The number of nitrogens with zero attached hydrogens (tertiary/aromatic N) is 1. The lowest BCUT2D eigenvalue weighted by Gasteiger charge is -2.23. The van der Waals surface area contributed by atoms with Crippen LogP contribution in [0.2, 0.25) is 5.02 Å². The molecule has 0 saturated heterocycles. The number of nitrogens with one attached hydrogen (secondary N) is 2. The lowest BCUT2D eigenvalue weighted by atomic mass is 10.1. The molecule has 0 spiro atoms. The highest BCUT2D eigenvalue weighted by atomic mass is 35.5. The number of ether oxygens (including phenoxy) is 4. The van der Waals surface area contributed by atoms with Gasteiger partial charge in [-0.05, 0) is 49.8 Å². The van der Waals surface area contributed by atoms with Crippen molar-refractivity contribution in [3.8, 4) is 28.7 Å². The van der Waals surface area contributed by atoms with Gasteiger partial charge >= 0.3 is 6.03 Å². The van der Waals surface area contributed by atoms with Crippen LogP contribution in [0.5, 0.6) is 28.7 Å². The minimum Gasteiger partial charge on any atom is -0.489 e. The minimum atomic E-state index is -0.262. The number of rotatable bonds is 7. The van der Waals surface area contributed by atoms with Crippen molar-refractivity contribution in [3.63, 3.8) is 0 Å². The molecule has 1 aliphatic heterocycles. The Morgan fingerprint density at radius 2 is 1.88 bits per heavy atom. The number of carbonyl (C=O) groups is 1. The highest BCUT2D eigenvalue weighted by Gasteiger charge is 2.27. The maximum atomic E-state index is 12.0. The summed E-state index contributed by atoms with van der Waals surface area (Å²) >= 11 is 6.42. The highest BCUT2D eigenvalue weighted by Crippen LogP contribution is 2.49. The SMILES string of the molecule is O=C(Nc1ccc(Oc2ccnc3cc(OCC4CC4)c4c(c23)OCCO4)cc1Cl)NC1CC1. The van der Waals surface area contributed by atoms with Crippen LogP contribution in [0.25, 0.3) is 10.9 Å². The molecule has 0 atom stereocenters. The molecule has 0 bridgehead atoms. The lowest BCUT2D eigenvalue weighted by molar-refractivity contribution is 0.163. The Morgan fingerprint density at radius 1 is 1.06 bits per heavy atom. The number of anilines is 1. The molecule has 2 N–H and O–H groups in total. The predicted octanol–water partition coefficient (Wildman–Crippen LogP) is 5.52. The van der Waals surface area contributed by atoms with Crippen LogP contribution in [0.15, 0.2) is 36.5 Å². The number of carbonyl (C=O) groups excluding carboxylic acids is 1. The van der Waals surface area contributed by atoms with E-state index in [-0.39, 0.29) is 12.1 Å². The summed E-state index contributed by atoms with van der Waals surface area (Å²) in [5.41, 5.74) is 1.20. The van der Waals surface area contributed by atoms with Crippen LogP contribution < -0.4 is 29.6 Å². The van der Waals surface area contributed by atoms with E-state index in [0.29, 0.717) is 76.1 Å². The van der Waals surface area contributed by atoms with Gasteiger partial charge in [-0.3, -0.25) is 4.98 Å². The molecule has 34 heavy (non-hydrogen) atoms. The number of fused-ring (bicyclic) bond motifs is 3. The Labute approximate surface area is 201 Å². The zero-order chi connectivity index (χ0) is 23.1. The van der Waals surface area contributed by atoms with Crippen molar-refractivity contribution in [2.24, 2.45) is 5.92 Å². The van der Waals surface area contributed by atoms with Gasteiger partial charge in [0, 0.05) is 24.4 Å². The molecule has 2 aromatic carbocycles. The summed E-state index contributed by atoms with van der Waals surface area (Å²) in [6, 6.07) is 8.77. The first kappa shape index (κ1) is 21.2. The first-order valence-electron chi connectivity index (χ1n) is 11.5. The summed E-state index contributed by atoms with van der Waals surface area (Å²) in [5.74, 6) is 3.48. The molecule has 6 rings (SSSR count). The molecule has 3 aliphatic rings. The van der Waals surface area contributed by atoms with Gasteiger partial charge < -0.3 is 29.6 Å². The zero-order valence-electron chi connectivity index (χ0n) is 18.4. The number of amides is 2. The van der Waals surface area contributed by atoms with Crippen LogP contribution in [-0.2, 0) is 0 Å². The normalized spacial score (nSPS) is 16.7. The van der Waals surface area contributed by atoms with Crippen molar-refractivity contribution in [2.75, 3.05) is 25.1 Å². The largest absolute Gasteiger partial charge is 0.489 e. The molecule has 2 saturated carbocycles. The van der Waals surface area contributed by atoms with Gasteiger partial charge in [0.25, 0.3) is 0 Å².